The second-order valence-electron chi connectivity index (χ2n) is 7.23. The third-order valence-corrected chi connectivity index (χ3v) is 5.42. The zero-order chi connectivity index (χ0) is 19.7. The molecule has 4 rings (SSSR count). The van der Waals surface area contributed by atoms with Gasteiger partial charge in [0.1, 0.15) is 5.75 Å². The number of amides is 1. The third kappa shape index (κ3) is 3.44. The number of fused-ring (bicyclic) bond motifs is 1. The molecule has 1 fully saturated rings. The van der Waals surface area contributed by atoms with E-state index in [-0.39, 0.29) is 5.91 Å². The van der Waals surface area contributed by atoms with Crippen LogP contribution in [0.3, 0.4) is 0 Å². The Bertz CT molecular complexity index is 1020. The Balaban J connectivity index is 1.62. The highest BCUT2D eigenvalue weighted by Gasteiger charge is 2.20. The average molecular weight is 379 g/mol. The van der Waals surface area contributed by atoms with Crippen molar-refractivity contribution in [3.05, 3.63) is 41.2 Å². The molecule has 0 bridgehead atoms. The van der Waals surface area contributed by atoms with Gasteiger partial charge in [-0.3, -0.25) is 4.79 Å². The molecule has 0 atom stereocenters. The lowest BCUT2D eigenvalue weighted by Gasteiger charge is -2.16. The average Bonchev–Trinajstić information content (AvgIpc) is 3.38. The molecule has 7 nitrogen and oxygen atoms in total. The van der Waals surface area contributed by atoms with E-state index >= 15 is 0 Å². The van der Waals surface area contributed by atoms with Crippen LogP contribution in [0.15, 0.2) is 24.3 Å². The van der Waals surface area contributed by atoms with Crippen LogP contribution in [0.25, 0.3) is 17.2 Å². The maximum absolute atomic E-state index is 12.4. The highest BCUT2D eigenvalue weighted by atomic mass is 16.5. The largest absolute Gasteiger partial charge is 0.497 e. The summed E-state index contributed by atoms with van der Waals surface area (Å²) in [4.78, 5) is 23.6. The fraction of sp³-hybridized carbons (Fsp3) is 0.429. The van der Waals surface area contributed by atoms with E-state index in [2.05, 4.69) is 15.1 Å². The van der Waals surface area contributed by atoms with Gasteiger partial charge in [0.05, 0.1) is 7.11 Å². The maximum Gasteiger partial charge on any atom is 0.253 e. The molecular formula is C21H25N5O2. The molecule has 146 valence electrons. The minimum absolute atomic E-state index is 0.229. The number of ether oxygens (including phenoxy) is 1. The van der Waals surface area contributed by atoms with Gasteiger partial charge in [-0.05, 0) is 50.8 Å². The molecule has 1 amide bonds. The van der Waals surface area contributed by atoms with Crippen LogP contribution in [-0.2, 0) is 11.2 Å². The lowest BCUT2D eigenvalue weighted by Crippen LogP contribution is -2.28. The van der Waals surface area contributed by atoms with E-state index in [1.165, 1.54) is 0 Å². The summed E-state index contributed by atoms with van der Waals surface area (Å²) in [6.07, 6.45) is 3.41. The van der Waals surface area contributed by atoms with Crippen LogP contribution in [0.5, 0.6) is 5.75 Å². The van der Waals surface area contributed by atoms with E-state index in [9.17, 15) is 4.79 Å². The van der Waals surface area contributed by atoms with Gasteiger partial charge in [-0.25, -0.2) is 9.50 Å². The van der Waals surface area contributed by atoms with Gasteiger partial charge in [0.15, 0.2) is 5.82 Å². The first-order valence-corrected chi connectivity index (χ1v) is 9.72. The van der Waals surface area contributed by atoms with Crippen molar-refractivity contribution in [1.82, 2.24) is 24.5 Å². The lowest BCUT2D eigenvalue weighted by molar-refractivity contribution is -0.130. The van der Waals surface area contributed by atoms with E-state index < -0.39 is 0 Å². The highest BCUT2D eigenvalue weighted by Crippen LogP contribution is 2.23. The number of methoxy groups -OCH3 is 1. The smallest absolute Gasteiger partial charge is 0.253 e. The van der Waals surface area contributed by atoms with Crippen LogP contribution in [0.4, 0.5) is 0 Å². The zero-order valence-electron chi connectivity index (χ0n) is 16.6. The Morgan fingerprint density at radius 2 is 1.96 bits per heavy atom. The standard InChI is InChI=1S/C21H25N5O2/c1-14-18(9-10-19(27)25-11-4-5-12-25)15(2)26-21(22-14)23-20(24-26)16-7-6-8-17(13-16)28-3/h6-8,13H,4-5,9-12H2,1-3H3. The molecule has 1 saturated heterocycles. The molecule has 1 aromatic carbocycles. The lowest BCUT2D eigenvalue weighted by atomic mass is 10.1. The van der Waals surface area contributed by atoms with Gasteiger partial charge < -0.3 is 9.64 Å². The van der Waals surface area contributed by atoms with Crippen molar-refractivity contribution < 1.29 is 9.53 Å². The number of benzene rings is 1. The van der Waals surface area contributed by atoms with E-state index in [1.807, 2.05) is 43.0 Å². The minimum Gasteiger partial charge on any atom is -0.497 e. The van der Waals surface area contributed by atoms with Crippen LogP contribution in [0.1, 0.15) is 36.2 Å². The maximum atomic E-state index is 12.4. The molecule has 1 aliphatic rings. The molecular weight excluding hydrogens is 354 g/mol. The van der Waals surface area contributed by atoms with Crippen molar-refractivity contribution in [2.24, 2.45) is 0 Å². The predicted molar refractivity (Wildman–Crippen MR) is 106 cm³/mol. The number of hydrogen-bond donors (Lipinski definition) is 0. The summed E-state index contributed by atoms with van der Waals surface area (Å²) in [6, 6.07) is 7.67. The SMILES string of the molecule is COc1cccc(-c2nc3nc(C)c(CCC(=O)N4CCCC4)c(C)n3n2)c1. The number of likely N-dealkylation sites (tertiary alicyclic amines) is 1. The van der Waals surface area contributed by atoms with Crippen LogP contribution in [0, 0.1) is 13.8 Å². The number of carbonyl (C=O) groups is 1. The summed E-state index contributed by atoms with van der Waals surface area (Å²) < 4.78 is 7.07. The summed E-state index contributed by atoms with van der Waals surface area (Å²) in [5, 5.41) is 4.66. The monoisotopic (exact) mass is 379 g/mol. The first-order chi connectivity index (χ1) is 13.6. The Hall–Kier alpha value is -2.96. The van der Waals surface area contributed by atoms with Crippen LogP contribution in [0.2, 0.25) is 0 Å². The van der Waals surface area contributed by atoms with Crippen molar-refractivity contribution >= 4 is 11.7 Å². The van der Waals surface area contributed by atoms with Gasteiger partial charge in [0, 0.05) is 36.5 Å². The molecule has 0 N–H and O–H groups in total. The van der Waals surface area contributed by atoms with Crippen molar-refractivity contribution in [1.29, 1.82) is 0 Å². The molecule has 0 unspecified atom stereocenters. The van der Waals surface area contributed by atoms with Gasteiger partial charge in [-0.15, -0.1) is 5.10 Å². The number of aryl methyl sites for hydroxylation is 2. The topological polar surface area (TPSA) is 72.6 Å². The van der Waals surface area contributed by atoms with Gasteiger partial charge in [0.25, 0.3) is 5.78 Å². The molecule has 0 aliphatic carbocycles. The van der Waals surface area contributed by atoms with Crippen LogP contribution >= 0.6 is 0 Å². The Labute approximate surface area is 164 Å². The molecule has 0 saturated carbocycles. The number of nitrogens with zero attached hydrogens (tertiary/aromatic N) is 5. The number of rotatable bonds is 5. The summed E-state index contributed by atoms with van der Waals surface area (Å²) in [5.74, 6) is 2.17. The predicted octanol–water partition coefficient (Wildman–Crippen LogP) is 2.97. The third-order valence-electron chi connectivity index (χ3n) is 5.42. The van der Waals surface area contributed by atoms with Gasteiger partial charge in [-0.2, -0.15) is 4.98 Å². The quantitative estimate of drug-likeness (QED) is 0.681. The first kappa shape index (κ1) is 18.4. The molecule has 2 aromatic heterocycles. The van der Waals surface area contributed by atoms with Crippen molar-refractivity contribution in [2.75, 3.05) is 20.2 Å². The summed E-state index contributed by atoms with van der Waals surface area (Å²) in [7, 11) is 1.64. The normalized spacial score (nSPS) is 14.0. The molecule has 3 heterocycles. The number of aromatic nitrogens is 4. The van der Waals surface area contributed by atoms with Crippen molar-refractivity contribution in [3.63, 3.8) is 0 Å². The zero-order valence-corrected chi connectivity index (χ0v) is 16.6. The Morgan fingerprint density at radius 3 is 2.71 bits per heavy atom. The number of carbonyl (C=O) groups excluding carboxylic acids is 1. The summed E-state index contributed by atoms with van der Waals surface area (Å²) in [6.45, 7) is 5.77. The van der Waals surface area contributed by atoms with Crippen molar-refractivity contribution in [2.45, 2.75) is 39.5 Å². The molecule has 3 aromatic rings. The highest BCUT2D eigenvalue weighted by molar-refractivity contribution is 5.76. The fourth-order valence-electron chi connectivity index (χ4n) is 3.81. The van der Waals surface area contributed by atoms with Crippen LogP contribution < -0.4 is 4.74 Å². The Kier molecular flexibility index (Phi) is 4.98. The molecule has 0 radical (unpaired) electrons. The van der Waals surface area contributed by atoms with E-state index in [0.29, 0.717) is 24.4 Å². The fourth-order valence-corrected chi connectivity index (χ4v) is 3.81. The van der Waals surface area contributed by atoms with Gasteiger partial charge in [0.2, 0.25) is 5.91 Å². The van der Waals surface area contributed by atoms with Crippen molar-refractivity contribution in [3.8, 4) is 17.1 Å². The number of hydrogen-bond acceptors (Lipinski definition) is 5. The second kappa shape index (κ2) is 7.58. The van der Waals surface area contributed by atoms with E-state index in [0.717, 1.165) is 54.2 Å². The van der Waals surface area contributed by atoms with Gasteiger partial charge in [-0.1, -0.05) is 12.1 Å². The molecule has 7 heteroatoms. The first-order valence-electron chi connectivity index (χ1n) is 9.72. The second-order valence-corrected chi connectivity index (χ2v) is 7.23. The molecule has 1 aliphatic heterocycles. The summed E-state index contributed by atoms with van der Waals surface area (Å²) >= 11 is 0. The van der Waals surface area contributed by atoms with E-state index in [1.54, 1.807) is 11.6 Å². The molecule has 0 spiro atoms. The van der Waals surface area contributed by atoms with E-state index in [4.69, 9.17) is 4.74 Å². The minimum atomic E-state index is 0.229. The summed E-state index contributed by atoms with van der Waals surface area (Å²) in [5.41, 5.74) is 3.84. The Morgan fingerprint density at radius 1 is 1.18 bits per heavy atom. The molecule has 28 heavy (non-hydrogen) atoms. The van der Waals surface area contributed by atoms with Gasteiger partial charge >= 0.3 is 0 Å². The van der Waals surface area contributed by atoms with Crippen LogP contribution in [-0.4, -0.2) is 50.6 Å².